The Bertz CT molecular complexity index is 465. The normalized spacial score (nSPS) is 34.9. The summed E-state index contributed by atoms with van der Waals surface area (Å²) < 4.78 is 0.987. The number of rotatable bonds is 2. The molecule has 2 aliphatic heterocycles. The van der Waals surface area contributed by atoms with E-state index >= 15 is 0 Å². The maximum Gasteiger partial charge on any atom is 0.193 e. The first-order chi connectivity index (χ1) is 9.16. The van der Waals surface area contributed by atoms with Crippen LogP contribution in [0, 0.1) is 0 Å². The highest BCUT2D eigenvalue weighted by molar-refractivity contribution is 5.88. The molecule has 2 saturated heterocycles. The van der Waals surface area contributed by atoms with Crippen molar-refractivity contribution in [2.24, 2.45) is 0 Å². The minimum absolute atomic E-state index is 0.127. The summed E-state index contributed by atoms with van der Waals surface area (Å²) in [5.74, 6) is 0.518. The molecule has 102 valence electrons. The van der Waals surface area contributed by atoms with Gasteiger partial charge in [0, 0.05) is 25.7 Å². The Labute approximate surface area is 116 Å². The van der Waals surface area contributed by atoms with E-state index in [0.29, 0.717) is 5.78 Å². The Morgan fingerprint density at radius 3 is 2.63 bits per heavy atom. The quantitative estimate of drug-likeness (QED) is 0.745. The van der Waals surface area contributed by atoms with Crippen LogP contribution in [0.4, 0.5) is 0 Å². The molecule has 2 fully saturated rings. The van der Waals surface area contributed by atoms with Gasteiger partial charge in [-0.05, 0) is 18.4 Å². The largest absolute Gasteiger partial charge is 0.315 e. The molecule has 2 heterocycles. The maximum absolute atomic E-state index is 12.7. The van der Waals surface area contributed by atoms with Gasteiger partial charge in [0.25, 0.3) is 0 Å². The van der Waals surface area contributed by atoms with E-state index in [1.54, 1.807) is 0 Å². The van der Waals surface area contributed by atoms with Crippen molar-refractivity contribution in [1.29, 1.82) is 0 Å². The van der Waals surface area contributed by atoms with Crippen molar-refractivity contribution < 1.29 is 9.28 Å². The van der Waals surface area contributed by atoms with Gasteiger partial charge in [0.1, 0.15) is 0 Å². The van der Waals surface area contributed by atoms with Crippen LogP contribution in [0.3, 0.4) is 0 Å². The highest BCUT2D eigenvalue weighted by Crippen LogP contribution is 2.41. The number of likely N-dealkylation sites (N-methyl/N-ethyl adjacent to an activating group) is 1. The molecule has 2 nitrogen and oxygen atoms in total. The van der Waals surface area contributed by atoms with E-state index in [4.69, 9.17) is 0 Å². The Kier molecular flexibility index (Phi) is 3.22. The Hall–Kier alpha value is -1.15. The van der Waals surface area contributed by atoms with Gasteiger partial charge < -0.3 is 4.48 Å². The van der Waals surface area contributed by atoms with Gasteiger partial charge in [0.2, 0.25) is 0 Å². The molecule has 0 aromatic heterocycles. The monoisotopic (exact) mass is 258 g/mol. The summed E-state index contributed by atoms with van der Waals surface area (Å²) in [5, 5.41) is 0. The third-order valence-electron chi connectivity index (χ3n) is 5.44. The minimum Gasteiger partial charge on any atom is -0.315 e. The van der Waals surface area contributed by atoms with E-state index in [2.05, 4.69) is 37.4 Å². The number of hydrogen-bond donors (Lipinski definition) is 0. The summed E-state index contributed by atoms with van der Waals surface area (Å²) >= 11 is 0. The zero-order valence-electron chi connectivity index (χ0n) is 11.9. The minimum atomic E-state index is -0.127. The van der Waals surface area contributed by atoms with Gasteiger partial charge in [-0.3, -0.25) is 4.79 Å². The summed E-state index contributed by atoms with van der Waals surface area (Å²) in [5.41, 5.74) is 1.20. The van der Waals surface area contributed by atoms with Gasteiger partial charge in [-0.2, -0.15) is 0 Å². The van der Waals surface area contributed by atoms with Gasteiger partial charge >= 0.3 is 0 Å². The van der Waals surface area contributed by atoms with Gasteiger partial charge in [0.15, 0.2) is 11.3 Å². The molecular formula is C17H24NO+. The van der Waals surface area contributed by atoms with Crippen molar-refractivity contribution in [2.45, 2.75) is 44.1 Å². The van der Waals surface area contributed by atoms with E-state index in [9.17, 15) is 4.79 Å². The number of nitrogens with zero attached hydrogens (tertiary/aromatic N) is 1. The number of quaternary nitrogens is 1. The lowest BCUT2D eigenvalue weighted by Gasteiger charge is -2.55. The van der Waals surface area contributed by atoms with Crippen molar-refractivity contribution in [1.82, 2.24) is 0 Å². The van der Waals surface area contributed by atoms with E-state index < -0.39 is 0 Å². The molecule has 3 rings (SSSR count). The van der Waals surface area contributed by atoms with Crippen molar-refractivity contribution in [3.63, 3.8) is 0 Å². The summed E-state index contributed by atoms with van der Waals surface area (Å²) in [6.45, 7) is 2.36. The molecule has 2 unspecified atom stereocenters. The first-order valence-corrected chi connectivity index (χ1v) is 7.58. The van der Waals surface area contributed by atoms with Gasteiger partial charge in [-0.25, -0.2) is 0 Å². The number of hydrogen-bond acceptors (Lipinski definition) is 1. The topological polar surface area (TPSA) is 17.1 Å². The number of ketones is 1. The predicted molar refractivity (Wildman–Crippen MR) is 76.9 cm³/mol. The van der Waals surface area contributed by atoms with Crippen LogP contribution in [0.25, 0.3) is 0 Å². The Morgan fingerprint density at radius 2 is 1.84 bits per heavy atom. The van der Waals surface area contributed by atoms with Gasteiger partial charge in [0.05, 0.1) is 20.1 Å². The molecule has 0 N–H and O–H groups in total. The van der Waals surface area contributed by atoms with Crippen molar-refractivity contribution in [3.05, 3.63) is 35.9 Å². The number of piperidine rings is 2. The fraction of sp³-hybridized carbons (Fsp3) is 0.588. The summed E-state index contributed by atoms with van der Waals surface area (Å²) in [4.78, 5) is 12.7. The van der Waals surface area contributed by atoms with E-state index in [1.165, 1.54) is 31.5 Å². The molecule has 0 aliphatic carbocycles. The van der Waals surface area contributed by atoms with E-state index in [1.807, 2.05) is 0 Å². The van der Waals surface area contributed by atoms with Crippen molar-refractivity contribution >= 4 is 5.78 Å². The Morgan fingerprint density at radius 1 is 1.11 bits per heavy atom. The zero-order chi connectivity index (χ0) is 13.3. The molecule has 1 aromatic carbocycles. The molecule has 0 bridgehead atoms. The number of benzene rings is 1. The summed E-state index contributed by atoms with van der Waals surface area (Å²) in [7, 11) is 2.32. The molecule has 19 heavy (non-hydrogen) atoms. The lowest BCUT2D eigenvalue weighted by atomic mass is 9.72. The second kappa shape index (κ2) is 4.75. The molecule has 0 spiro atoms. The molecule has 0 saturated carbocycles. The zero-order valence-corrected chi connectivity index (χ0v) is 11.9. The molecular weight excluding hydrogens is 234 g/mol. The average molecular weight is 258 g/mol. The first kappa shape index (κ1) is 12.9. The number of fused-ring (bicyclic) bond motifs is 1. The maximum atomic E-state index is 12.7. The molecule has 0 amide bonds. The van der Waals surface area contributed by atoms with Crippen LogP contribution < -0.4 is 0 Å². The number of carbonyl (C=O) groups is 1. The molecule has 1 aromatic rings. The number of Topliss-reactive ketones (excluding diaryl/α,β-unsaturated/α-hetero) is 1. The molecule has 2 aliphatic rings. The van der Waals surface area contributed by atoms with Gasteiger partial charge in [-0.15, -0.1) is 0 Å². The van der Waals surface area contributed by atoms with Crippen LogP contribution in [-0.4, -0.2) is 35.9 Å². The molecule has 0 radical (unpaired) electrons. The third-order valence-corrected chi connectivity index (χ3v) is 5.44. The fourth-order valence-corrected chi connectivity index (χ4v) is 4.26. The van der Waals surface area contributed by atoms with Crippen LogP contribution in [0.5, 0.6) is 0 Å². The van der Waals surface area contributed by atoms with Crippen molar-refractivity contribution in [3.8, 4) is 0 Å². The second-order valence-corrected chi connectivity index (χ2v) is 6.52. The standard InChI is InChI=1S/C17H24NO/c1-18-12-6-5-11-17(18,16(19)10-7-13-18)14-15-8-3-2-4-9-15/h2-4,8-9H,5-7,10-14H2,1H3/q+1. The van der Waals surface area contributed by atoms with Crippen molar-refractivity contribution in [2.75, 3.05) is 20.1 Å². The SMILES string of the molecule is C[N+]12CCCCC1(Cc1ccccc1)C(=O)CCC2. The molecule has 2 atom stereocenters. The lowest BCUT2D eigenvalue weighted by molar-refractivity contribution is -0.957. The van der Waals surface area contributed by atoms with Crippen LogP contribution in [-0.2, 0) is 11.2 Å². The van der Waals surface area contributed by atoms with E-state index in [-0.39, 0.29) is 5.54 Å². The summed E-state index contributed by atoms with van der Waals surface area (Å²) in [6.07, 6.45) is 6.37. The second-order valence-electron chi connectivity index (χ2n) is 6.52. The predicted octanol–water partition coefficient (Wildman–Crippen LogP) is 2.96. The molecule has 2 heteroatoms. The Balaban J connectivity index is 1.98. The highest BCUT2D eigenvalue weighted by Gasteiger charge is 2.56. The highest BCUT2D eigenvalue weighted by atomic mass is 16.1. The fourth-order valence-electron chi connectivity index (χ4n) is 4.26. The van der Waals surface area contributed by atoms with Crippen LogP contribution >= 0.6 is 0 Å². The smallest absolute Gasteiger partial charge is 0.193 e. The van der Waals surface area contributed by atoms with E-state index in [0.717, 1.165) is 30.2 Å². The van der Waals surface area contributed by atoms with Crippen LogP contribution in [0.1, 0.15) is 37.7 Å². The first-order valence-electron chi connectivity index (χ1n) is 7.58. The van der Waals surface area contributed by atoms with Crippen LogP contribution in [0.2, 0.25) is 0 Å². The average Bonchev–Trinajstić information content (AvgIpc) is 2.42. The third kappa shape index (κ3) is 2.02. The van der Waals surface area contributed by atoms with Crippen LogP contribution in [0.15, 0.2) is 30.3 Å². The van der Waals surface area contributed by atoms with Gasteiger partial charge in [-0.1, -0.05) is 30.3 Å². The summed E-state index contributed by atoms with van der Waals surface area (Å²) in [6, 6.07) is 10.6. The lowest BCUT2D eigenvalue weighted by Crippen LogP contribution is -2.71. The number of carbonyl (C=O) groups excluding carboxylic acids is 1.